The molecule has 7 nitrogen and oxygen atoms in total. The molecule has 0 aliphatic heterocycles. The van der Waals surface area contributed by atoms with E-state index in [1.165, 1.54) is 18.0 Å². The lowest BCUT2D eigenvalue weighted by molar-refractivity contribution is -0.130. The highest BCUT2D eigenvalue weighted by Gasteiger charge is 2.14. The highest BCUT2D eigenvalue weighted by atomic mass is 79.9. The first-order valence-corrected chi connectivity index (χ1v) is 7.73. The van der Waals surface area contributed by atoms with E-state index in [1.54, 1.807) is 26.2 Å². The molecule has 0 spiro atoms. The minimum atomic E-state index is -0.257. The standard InChI is InChI=1S/C15H20BrN3O4/c1-5-22-13-7-11(8-17-18-10(2)20)6-12(16)15(13)23-9-14(21)19(3)4/h6-8H,5,9H2,1-4H3,(H,18,20)/b17-8-. The third kappa shape index (κ3) is 6.27. The van der Waals surface area contributed by atoms with Crippen molar-refractivity contribution in [3.05, 3.63) is 22.2 Å². The molecule has 1 aromatic carbocycles. The van der Waals surface area contributed by atoms with Crippen molar-refractivity contribution in [1.82, 2.24) is 10.3 Å². The Balaban J connectivity index is 2.99. The van der Waals surface area contributed by atoms with Gasteiger partial charge in [0.05, 0.1) is 17.3 Å². The van der Waals surface area contributed by atoms with Crippen LogP contribution in [0, 0.1) is 0 Å². The lowest BCUT2D eigenvalue weighted by atomic mass is 10.2. The third-order valence-electron chi connectivity index (χ3n) is 2.61. The molecule has 2 amide bonds. The van der Waals surface area contributed by atoms with Crippen LogP contribution in [-0.4, -0.2) is 50.2 Å². The maximum absolute atomic E-state index is 11.7. The molecular formula is C15H20BrN3O4. The van der Waals surface area contributed by atoms with Gasteiger partial charge in [0.15, 0.2) is 18.1 Å². The predicted molar refractivity (Wildman–Crippen MR) is 90.9 cm³/mol. The van der Waals surface area contributed by atoms with E-state index in [-0.39, 0.29) is 18.4 Å². The Labute approximate surface area is 143 Å². The van der Waals surface area contributed by atoms with Gasteiger partial charge in [0, 0.05) is 21.0 Å². The molecule has 0 unspecified atom stereocenters. The molecule has 0 radical (unpaired) electrons. The third-order valence-corrected chi connectivity index (χ3v) is 3.20. The molecule has 1 N–H and O–H groups in total. The maximum atomic E-state index is 11.7. The number of carbonyl (C=O) groups is 2. The van der Waals surface area contributed by atoms with Gasteiger partial charge in [0.1, 0.15) is 0 Å². The van der Waals surface area contributed by atoms with Crippen LogP contribution in [0.2, 0.25) is 0 Å². The molecule has 23 heavy (non-hydrogen) atoms. The van der Waals surface area contributed by atoms with Crippen LogP contribution in [0.25, 0.3) is 0 Å². The van der Waals surface area contributed by atoms with Gasteiger partial charge in [-0.3, -0.25) is 9.59 Å². The van der Waals surface area contributed by atoms with Crippen molar-refractivity contribution >= 4 is 34.0 Å². The Morgan fingerprint density at radius 3 is 2.61 bits per heavy atom. The zero-order valence-corrected chi connectivity index (χ0v) is 15.1. The number of rotatable bonds is 7. The van der Waals surface area contributed by atoms with Crippen molar-refractivity contribution in [2.45, 2.75) is 13.8 Å². The normalized spacial score (nSPS) is 10.5. The molecular weight excluding hydrogens is 366 g/mol. The Bertz CT molecular complexity index is 603. The molecule has 0 saturated carbocycles. The lowest BCUT2D eigenvalue weighted by Crippen LogP contribution is -2.27. The van der Waals surface area contributed by atoms with Crippen molar-refractivity contribution in [1.29, 1.82) is 0 Å². The number of nitrogens with one attached hydrogen (secondary N) is 1. The molecule has 0 aromatic heterocycles. The van der Waals surface area contributed by atoms with Crippen LogP contribution < -0.4 is 14.9 Å². The summed E-state index contributed by atoms with van der Waals surface area (Å²) in [4.78, 5) is 23.9. The summed E-state index contributed by atoms with van der Waals surface area (Å²) in [6.45, 7) is 3.57. The van der Waals surface area contributed by atoms with Crippen LogP contribution in [0.3, 0.4) is 0 Å². The molecule has 1 aromatic rings. The molecule has 0 fully saturated rings. The Hall–Kier alpha value is -2.09. The van der Waals surface area contributed by atoms with Crippen LogP contribution in [0.4, 0.5) is 0 Å². The highest BCUT2D eigenvalue weighted by molar-refractivity contribution is 9.10. The summed E-state index contributed by atoms with van der Waals surface area (Å²) in [6, 6.07) is 3.47. The summed E-state index contributed by atoms with van der Waals surface area (Å²) in [5, 5.41) is 3.81. The summed E-state index contributed by atoms with van der Waals surface area (Å²) < 4.78 is 11.7. The SMILES string of the molecule is CCOc1cc(/C=N\NC(C)=O)cc(Br)c1OCC(=O)N(C)C. The van der Waals surface area contributed by atoms with Crippen LogP contribution >= 0.6 is 15.9 Å². The zero-order chi connectivity index (χ0) is 17.4. The van der Waals surface area contributed by atoms with E-state index < -0.39 is 0 Å². The van der Waals surface area contributed by atoms with Gasteiger partial charge in [0.2, 0.25) is 5.91 Å². The number of likely N-dealkylation sites (N-methyl/N-ethyl adjacent to an activating group) is 1. The molecule has 8 heteroatoms. The molecule has 126 valence electrons. The van der Waals surface area contributed by atoms with E-state index >= 15 is 0 Å². The van der Waals surface area contributed by atoms with Gasteiger partial charge in [-0.15, -0.1) is 0 Å². The molecule has 0 bridgehead atoms. The second-order valence-electron chi connectivity index (χ2n) is 4.77. The van der Waals surface area contributed by atoms with E-state index in [1.807, 2.05) is 6.92 Å². The number of ether oxygens (including phenoxy) is 2. The number of amides is 2. The van der Waals surface area contributed by atoms with Gasteiger partial charge in [-0.2, -0.15) is 5.10 Å². The summed E-state index contributed by atoms with van der Waals surface area (Å²) in [5.74, 6) is 0.513. The van der Waals surface area contributed by atoms with Crippen LogP contribution in [0.15, 0.2) is 21.7 Å². The fourth-order valence-corrected chi connectivity index (χ4v) is 2.10. The van der Waals surface area contributed by atoms with Gasteiger partial charge in [-0.1, -0.05) is 0 Å². The summed E-state index contributed by atoms with van der Waals surface area (Å²) in [7, 11) is 3.32. The predicted octanol–water partition coefficient (Wildman–Crippen LogP) is 1.78. The average Bonchev–Trinajstić information content (AvgIpc) is 2.45. The Kier molecular flexibility index (Phi) is 7.53. The zero-order valence-electron chi connectivity index (χ0n) is 13.6. The van der Waals surface area contributed by atoms with Crippen molar-refractivity contribution in [2.75, 3.05) is 27.3 Å². The molecule has 0 heterocycles. The number of hydrazone groups is 1. The van der Waals surface area contributed by atoms with Crippen molar-refractivity contribution in [3.63, 3.8) is 0 Å². The molecule has 0 aliphatic carbocycles. The number of carbonyl (C=O) groups excluding carboxylic acids is 2. The largest absolute Gasteiger partial charge is 0.490 e. The van der Waals surface area contributed by atoms with Gasteiger partial charge < -0.3 is 14.4 Å². The molecule has 1 rings (SSSR count). The first-order valence-electron chi connectivity index (χ1n) is 6.94. The van der Waals surface area contributed by atoms with Gasteiger partial charge >= 0.3 is 0 Å². The smallest absolute Gasteiger partial charge is 0.259 e. The first-order chi connectivity index (χ1) is 10.8. The topological polar surface area (TPSA) is 80.2 Å². The van der Waals surface area contributed by atoms with Gasteiger partial charge in [0.25, 0.3) is 5.91 Å². The number of halogens is 1. The van der Waals surface area contributed by atoms with Gasteiger partial charge in [-0.25, -0.2) is 5.43 Å². The maximum Gasteiger partial charge on any atom is 0.259 e. The molecule has 0 saturated heterocycles. The molecule has 0 aliphatic rings. The average molecular weight is 386 g/mol. The van der Waals surface area contributed by atoms with Crippen molar-refractivity contribution < 1.29 is 19.1 Å². The number of hydrogen-bond donors (Lipinski definition) is 1. The fraction of sp³-hybridized carbons (Fsp3) is 0.400. The van der Waals surface area contributed by atoms with Gasteiger partial charge in [-0.05, 0) is 40.5 Å². The lowest BCUT2D eigenvalue weighted by Gasteiger charge is -2.16. The minimum absolute atomic E-state index is 0.0923. The Morgan fingerprint density at radius 1 is 1.35 bits per heavy atom. The molecule has 0 atom stereocenters. The second-order valence-corrected chi connectivity index (χ2v) is 5.62. The van der Waals surface area contributed by atoms with Crippen molar-refractivity contribution in [2.24, 2.45) is 5.10 Å². The quantitative estimate of drug-likeness (QED) is 0.572. The first kappa shape index (κ1) is 19.0. The number of nitrogens with zero attached hydrogens (tertiary/aromatic N) is 2. The van der Waals surface area contributed by atoms with Crippen molar-refractivity contribution in [3.8, 4) is 11.5 Å². The summed E-state index contributed by atoms with van der Waals surface area (Å²) in [5.41, 5.74) is 3.03. The Morgan fingerprint density at radius 2 is 2.04 bits per heavy atom. The van der Waals surface area contributed by atoms with E-state index in [2.05, 4.69) is 26.5 Å². The summed E-state index contributed by atoms with van der Waals surface area (Å²) in [6.07, 6.45) is 1.49. The second kappa shape index (κ2) is 9.14. The van der Waals surface area contributed by atoms with Crippen LogP contribution in [0.1, 0.15) is 19.4 Å². The number of benzene rings is 1. The van der Waals surface area contributed by atoms with Crippen LogP contribution in [0.5, 0.6) is 11.5 Å². The summed E-state index contributed by atoms with van der Waals surface area (Å²) >= 11 is 3.40. The van der Waals surface area contributed by atoms with E-state index in [4.69, 9.17) is 9.47 Å². The van der Waals surface area contributed by atoms with E-state index in [9.17, 15) is 9.59 Å². The monoisotopic (exact) mass is 385 g/mol. The van der Waals surface area contributed by atoms with Crippen LogP contribution in [-0.2, 0) is 9.59 Å². The minimum Gasteiger partial charge on any atom is -0.490 e. The van der Waals surface area contributed by atoms with E-state index in [0.29, 0.717) is 28.1 Å². The highest BCUT2D eigenvalue weighted by Crippen LogP contribution is 2.36. The van der Waals surface area contributed by atoms with E-state index in [0.717, 1.165) is 0 Å². The fourth-order valence-electron chi connectivity index (χ4n) is 1.53. The number of hydrogen-bond acceptors (Lipinski definition) is 5.